The van der Waals surface area contributed by atoms with Crippen molar-refractivity contribution in [3.63, 3.8) is 0 Å². The van der Waals surface area contributed by atoms with Crippen LogP contribution in [0.3, 0.4) is 0 Å². The van der Waals surface area contributed by atoms with Gasteiger partial charge in [-0.25, -0.2) is 0 Å². The summed E-state index contributed by atoms with van der Waals surface area (Å²) in [6, 6.07) is 69.7. The summed E-state index contributed by atoms with van der Waals surface area (Å²) >= 11 is 1.88. The molecule has 0 bridgehead atoms. The first-order chi connectivity index (χ1) is 27.0. The highest BCUT2D eigenvalue weighted by Gasteiger charge is 2.35. The maximum absolute atomic E-state index is 2.46. The number of hydrogen-bond acceptors (Lipinski definition) is 2. The molecule has 1 nitrogen and oxygen atoms in total. The van der Waals surface area contributed by atoms with Gasteiger partial charge >= 0.3 is 0 Å². The summed E-state index contributed by atoms with van der Waals surface area (Å²) in [5.41, 5.74) is 13.7. The molecular weight excluding hydrogens is 683 g/mol. The molecule has 0 spiro atoms. The molecule has 0 aliphatic heterocycles. The van der Waals surface area contributed by atoms with Gasteiger partial charge < -0.3 is 4.90 Å². The molecule has 1 heterocycles. The van der Waals surface area contributed by atoms with E-state index in [0.29, 0.717) is 0 Å². The predicted molar refractivity (Wildman–Crippen MR) is 237 cm³/mol. The smallest absolute Gasteiger partial charge is 0.0540 e. The zero-order valence-electron chi connectivity index (χ0n) is 30.8. The standard InChI is InChI=1S/C53H37NS/c1-53(2)46-20-10-7-18-43(46)45-33-40(29-30-47(45)53)54(48-21-11-8-16-41(48)38-24-23-34-13-3-4-14-36(34)31-38)39-27-25-35(26-28-39)51-42-17-6-5-15-37(42)32-50-52(51)44-19-9-12-22-49(44)55-50/h3-33H,1-2H3. The highest BCUT2D eigenvalue weighted by atomic mass is 32.1. The van der Waals surface area contributed by atoms with Crippen LogP contribution in [-0.2, 0) is 5.41 Å². The number of thiophene rings is 1. The molecule has 2 heteroatoms. The van der Waals surface area contributed by atoms with Crippen LogP contribution in [0, 0.1) is 0 Å². The molecule has 0 fully saturated rings. The number of hydrogen-bond donors (Lipinski definition) is 0. The molecule has 0 N–H and O–H groups in total. The molecule has 1 aromatic heterocycles. The molecule has 10 aromatic rings. The van der Waals surface area contributed by atoms with Gasteiger partial charge in [0.25, 0.3) is 0 Å². The summed E-state index contributed by atoms with van der Waals surface area (Å²) in [4.78, 5) is 2.46. The van der Waals surface area contributed by atoms with Crippen molar-refractivity contribution in [2.45, 2.75) is 19.3 Å². The highest BCUT2D eigenvalue weighted by molar-refractivity contribution is 7.26. The van der Waals surface area contributed by atoms with Gasteiger partial charge in [0.15, 0.2) is 0 Å². The van der Waals surface area contributed by atoms with E-state index in [1.54, 1.807) is 0 Å². The lowest BCUT2D eigenvalue weighted by Crippen LogP contribution is -2.15. The lowest BCUT2D eigenvalue weighted by Gasteiger charge is -2.29. The molecule has 0 atom stereocenters. The first-order valence-corrected chi connectivity index (χ1v) is 19.9. The van der Waals surface area contributed by atoms with Crippen molar-refractivity contribution < 1.29 is 0 Å². The van der Waals surface area contributed by atoms with Crippen molar-refractivity contribution in [1.29, 1.82) is 0 Å². The Kier molecular flexibility index (Phi) is 7.14. The number of benzene rings is 9. The van der Waals surface area contributed by atoms with E-state index in [9.17, 15) is 0 Å². The van der Waals surface area contributed by atoms with E-state index in [2.05, 4.69) is 207 Å². The van der Waals surface area contributed by atoms with Gasteiger partial charge in [-0.05, 0) is 109 Å². The van der Waals surface area contributed by atoms with Gasteiger partial charge in [-0.2, -0.15) is 0 Å². The average molecular weight is 720 g/mol. The second-order valence-corrected chi connectivity index (χ2v) is 16.4. The molecule has 9 aromatic carbocycles. The zero-order chi connectivity index (χ0) is 36.7. The predicted octanol–water partition coefficient (Wildman–Crippen LogP) is 15.5. The van der Waals surface area contributed by atoms with Crippen LogP contribution in [0.4, 0.5) is 17.1 Å². The van der Waals surface area contributed by atoms with Crippen molar-refractivity contribution in [1.82, 2.24) is 0 Å². The Labute approximate surface area is 325 Å². The van der Waals surface area contributed by atoms with Crippen LogP contribution in [0.2, 0.25) is 0 Å². The normalized spacial score (nSPS) is 13.1. The largest absolute Gasteiger partial charge is 0.310 e. The van der Waals surface area contributed by atoms with Gasteiger partial charge in [-0.1, -0.05) is 153 Å². The van der Waals surface area contributed by atoms with Crippen LogP contribution in [0.5, 0.6) is 0 Å². The van der Waals surface area contributed by atoms with Crippen molar-refractivity contribution in [2.75, 3.05) is 4.90 Å². The van der Waals surface area contributed by atoms with E-state index >= 15 is 0 Å². The molecule has 11 rings (SSSR count). The molecular formula is C53H37NS. The fourth-order valence-corrected chi connectivity index (χ4v) is 10.3. The number of nitrogens with zero attached hydrogens (tertiary/aromatic N) is 1. The molecule has 1 aliphatic carbocycles. The minimum atomic E-state index is -0.0600. The minimum Gasteiger partial charge on any atom is -0.310 e. The summed E-state index contributed by atoms with van der Waals surface area (Å²) < 4.78 is 2.65. The van der Waals surface area contributed by atoms with Crippen LogP contribution >= 0.6 is 11.3 Å². The Hall–Kier alpha value is -6.48. The van der Waals surface area contributed by atoms with Gasteiger partial charge in [0, 0.05) is 42.5 Å². The van der Waals surface area contributed by atoms with Crippen LogP contribution in [0.15, 0.2) is 188 Å². The highest BCUT2D eigenvalue weighted by Crippen LogP contribution is 2.52. The Morgan fingerprint density at radius 1 is 0.418 bits per heavy atom. The zero-order valence-corrected chi connectivity index (χ0v) is 31.6. The molecule has 55 heavy (non-hydrogen) atoms. The third-order valence-electron chi connectivity index (χ3n) is 11.8. The molecule has 260 valence electrons. The van der Waals surface area contributed by atoms with E-state index < -0.39 is 0 Å². The minimum absolute atomic E-state index is 0.0600. The third-order valence-corrected chi connectivity index (χ3v) is 13.0. The Bertz CT molecular complexity index is 3130. The van der Waals surface area contributed by atoms with Crippen LogP contribution in [0.1, 0.15) is 25.0 Å². The van der Waals surface area contributed by atoms with Gasteiger partial charge in [0.2, 0.25) is 0 Å². The van der Waals surface area contributed by atoms with E-state index in [1.165, 1.54) is 86.2 Å². The van der Waals surface area contributed by atoms with Gasteiger partial charge in [0.05, 0.1) is 5.69 Å². The van der Waals surface area contributed by atoms with Crippen molar-refractivity contribution >= 4 is 70.1 Å². The molecule has 0 saturated heterocycles. The van der Waals surface area contributed by atoms with Gasteiger partial charge in [0.1, 0.15) is 0 Å². The van der Waals surface area contributed by atoms with E-state index in [0.717, 1.165) is 17.1 Å². The first-order valence-electron chi connectivity index (χ1n) is 19.1. The Morgan fingerprint density at radius 3 is 1.91 bits per heavy atom. The number of rotatable bonds is 5. The quantitative estimate of drug-likeness (QED) is 0.171. The molecule has 0 radical (unpaired) electrons. The molecule has 0 saturated carbocycles. The van der Waals surface area contributed by atoms with Crippen LogP contribution < -0.4 is 4.90 Å². The van der Waals surface area contributed by atoms with Gasteiger partial charge in [-0.3, -0.25) is 0 Å². The number of para-hydroxylation sites is 1. The van der Waals surface area contributed by atoms with E-state index in [4.69, 9.17) is 0 Å². The summed E-state index contributed by atoms with van der Waals surface area (Å²) in [5.74, 6) is 0. The molecule has 0 amide bonds. The second kappa shape index (κ2) is 12.3. The Morgan fingerprint density at radius 2 is 1.05 bits per heavy atom. The average Bonchev–Trinajstić information content (AvgIpc) is 3.71. The van der Waals surface area contributed by atoms with Crippen molar-refractivity contribution in [3.05, 3.63) is 199 Å². The summed E-state index contributed by atoms with van der Waals surface area (Å²) in [6.07, 6.45) is 0. The number of fused-ring (bicyclic) bond motifs is 8. The molecule has 0 unspecified atom stereocenters. The summed E-state index contributed by atoms with van der Waals surface area (Å²) in [6.45, 7) is 4.70. The fraction of sp³-hybridized carbons (Fsp3) is 0.0566. The van der Waals surface area contributed by atoms with Gasteiger partial charge in [-0.15, -0.1) is 11.3 Å². The summed E-state index contributed by atoms with van der Waals surface area (Å²) in [7, 11) is 0. The maximum atomic E-state index is 2.46. The lowest BCUT2D eigenvalue weighted by atomic mass is 9.82. The first kappa shape index (κ1) is 32.0. The number of anilines is 3. The van der Waals surface area contributed by atoms with Crippen molar-refractivity contribution in [3.8, 4) is 33.4 Å². The third kappa shape index (κ3) is 4.99. The topological polar surface area (TPSA) is 3.24 Å². The fourth-order valence-electron chi connectivity index (χ4n) is 9.17. The second-order valence-electron chi connectivity index (χ2n) is 15.3. The maximum Gasteiger partial charge on any atom is 0.0540 e. The van der Waals surface area contributed by atoms with Crippen LogP contribution in [-0.4, -0.2) is 0 Å². The van der Waals surface area contributed by atoms with Crippen LogP contribution in [0.25, 0.3) is 75.1 Å². The Balaban J connectivity index is 1.13. The monoisotopic (exact) mass is 719 g/mol. The summed E-state index contributed by atoms with van der Waals surface area (Å²) in [5, 5.41) is 7.70. The van der Waals surface area contributed by atoms with E-state index in [1.807, 2.05) is 11.3 Å². The lowest BCUT2D eigenvalue weighted by molar-refractivity contribution is 0.660. The molecule has 1 aliphatic rings. The SMILES string of the molecule is CC1(C)c2ccccc2-c2cc(N(c3ccc(-c4c5ccccc5cc5sc6ccccc6c45)cc3)c3ccccc3-c3ccc4ccccc4c3)ccc21. The van der Waals surface area contributed by atoms with Crippen molar-refractivity contribution in [2.24, 2.45) is 0 Å². The van der Waals surface area contributed by atoms with E-state index in [-0.39, 0.29) is 5.41 Å².